The van der Waals surface area contributed by atoms with Crippen LogP contribution in [0.15, 0.2) is 41.0 Å². The van der Waals surface area contributed by atoms with Crippen molar-refractivity contribution in [3.8, 4) is 5.69 Å². The van der Waals surface area contributed by atoms with Crippen LogP contribution in [0.4, 0.5) is 0 Å². The third kappa shape index (κ3) is 2.35. The van der Waals surface area contributed by atoms with Crippen LogP contribution in [0.3, 0.4) is 0 Å². The standard InChI is InChI=1S/C13H15BrN2/c1-13(2,3)12-7-8-16(15-12)11-6-4-5-10(14)9-11/h4-9H,1-3H3. The Labute approximate surface area is 104 Å². The first-order valence-corrected chi connectivity index (χ1v) is 6.08. The van der Waals surface area contributed by atoms with E-state index in [1.807, 2.05) is 29.1 Å². The number of rotatable bonds is 1. The Morgan fingerprint density at radius 3 is 2.50 bits per heavy atom. The van der Waals surface area contributed by atoms with Gasteiger partial charge in [0.25, 0.3) is 0 Å². The largest absolute Gasteiger partial charge is 0.241 e. The van der Waals surface area contributed by atoms with E-state index in [9.17, 15) is 0 Å². The summed E-state index contributed by atoms with van der Waals surface area (Å²) in [5.41, 5.74) is 2.27. The van der Waals surface area contributed by atoms with Crippen LogP contribution in [-0.4, -0.2) is 9.78 Å². The summed E-state index contributed by atoms with van der Waals surface area (Å²) in [7, 11) is 0. The molecular formula is C13H15BrN2. The Morgan fingerprint density at radius 1 is 1.19 bits per heavy atom. The second-order valence-electron chi connectivity index (χ2n) is 4.88. The predicted molar refractivity (Wildman–Crippen MR) is 70.0 cm³/mol. The molecule has 16 heavy (non-hydrogen) atoms. The minimum Gasteiger partial charge on any atom is -0.241 e. The number of hydrogen-bond donors (Lipinski definition) is 0. The lowest BCUT2D eigenvalue weighted by Crippen LogP contribution is -2.12. The van der Waals surface area contributed by atoms with Crippen LogP contribution >= 0.6 is 15.9 Å². The molecule has 3 heteroatoms. The summed E-state index contributed by atoms with van der Waals surface area (Å²) in [5, 5.41) is 4.59. The number of halogens is 1. The van der Waals surface area contributed by atoms with Gasteiger partial charge in [0.05, 0.1) is 11.4 Å². The second kappa shape index (κ2) is 4.06. The maximum atomic E-state index is 4.59. The van der Waals surface area contributed by atoms with Gasteiger partial charge in [-0.2, -0.15) is 5.10 Å². The second-order valence-corrected chi connectivity index (χ2v) is 5.79. The molecule has 0 fully saturated rings. The van der Waals surface area contributed by atoms with Crippen molar-refractivity contribution in [1.82, 2.24) is 9.78 Å². The molecule has 0 unspecified atom stereocenters. The maximum Gasteiger partial charge on any atom is 0.0682 e. The number of nitrogens with zero attached hydrogens (tertiary/aromatic N) is 2. The Morgan fingerprint density at radius 2 is 1.94 bits per heavy atom. The van der Waals surface area contributed by atoms with Gasteiger partial charge < -0.3 is 0 Å². The third-order valence-corrected chi connectivity index (χ3v) is 2.92. The fourth-order valence-corrected chi connectivity index (χ4v) is 1.87. The molecule has 0 N–H and O–H groups in total. The van der Waals surface area contributed by atoms with E-state index in [0.29, 0.717) is 0 Å². The summed E-state index contributed by atoms with van der Waals surface area (Å²) >= 11 is 3.46. The molecule has 0 saturated carbocycles. The van der Waals surface area contributed by atoms with Crippen LogP contribution in [0.2, 0.25) is 0 Å². The van der Waals surface area contributed by atoms with E-state index in [-0.39, 0.29) is 5.41 Å². The van der Waals surface area contributed by atoms with Crippen molar-refractivity contribution >= 4 is 15.9 Å². The first-order chi connectivity index (χ1) is 7.47. The molecule has 2 rings (SSSR count). The fraction of sp³-hybridized carbons (Fsp3) is 0.308. The Kier molecular flexibility index (Phi) is 2.89. The molecule has 1 aromatic carbocycles. The quantitative estimate of drug-likeness (QED) is 0.773. The highest BCUT2D eigenvalue weighted by molar-refractivity contribution is 9.10. The fourth-order valence-electron chi connectivity index (χ4n) is 1.49. The molecule has 2 aromatic rings. The minimum absolute atomic E-state index is 0.0945. The molecule has 0 bridgehead atoms. The van der Waals surface area contributed by atoms with E-state index in [1.165, 1.54) is 0 Å². The highest BCUT2D eigenvalue weighted by atomic mass is 79.9. The number of hydrogen-bond acceptors (Lipinski definition) is 1. The van der Waals surface area contributed by atoms with Gasteiger partial charge in [-0.1, -0.05) is 42.8 Å². The van der Waals surface area contributed by atoms with Crippen LogP contribution in [0.1, 0.15) is 26.5 Å². The lowest BCUT2D eigenvalue weighted by Gasteiger charge is -2.14. The maximum absolute atomic E-state index is 4.59. The van der Waals surface area contributed by atoms with E-state index in [2.05, 4.69) is 53.9 Å². The van der Waals surface area contributed by atoms with Crippen LogP contribution in [0.5, 0.6) is 0 Å². The topological polar surface area (TPSA) is 17.8 Å². The van der Waals surface area contributed by atoms with E-state index >= 15 is 0 Å². The summed E-state index contributed by atoms with van der Waals surface area (Å²) in [5.74, 6) is 0. The van der Waals surface area contributed by atoms with Gasteiger partial charge in [0.1, 0.15) is 0 Å². The van der Waals surface area contributed by atoms with Gasteiger partial charge in [-0.05, 0) is 24.3 Å². The van der Waals surface area contributed by atoms with Gasteiger partial charge >= 0.3 is 0 Å². The summed E-state index contributed by atoms with van der Waals surface area (Å²) in [4.78, 5) is 0. The molecule has 0 saturated heterocycles. The van der Waals surface area contributed by atoms with E-state index in [1.54, 1.807) is 0 Å². The molecule has 0 aliphatic heterocycles. The lowest BCUT2D eigenvalue weighted by atomic mass is 9.93. The SMILES string of the molecule is CC(C)(C)c1ccn(-c2cccc(Br)c2)n1. The van der Waals surface area contributed by atoms with Gasteiger partial charge in [-0.3, -0.25) is 0 Å². The average molecular weight is 279 g/mol. The highest BCUT2D eigenvalue weighted by Crippen LogP contribution is 2.21. The van der Waals surface area contributed by atoms with Gasteiger partial charge in [0.15, 0.2) is 0 Å². The summed E-state index contributed by atoms with van der Waals surface area (Å²) in [6, 6.07) is 10.2. The van der Waals surface area contributed by atoms with Gasteiger partial charge in [-0.15, -0.1) is 0 Å². The van der Waals surface area contributed by atoms with Crippen molar-refractivity contribution in [2.45, 2.75) is 26.2 Å². The highest BCUT2D eigenvalue weighted by Gasteiger charge is 2.16. The van der Waals surface area contributed by atoms with Crippen LogP contribution in [-0.2, 0) is 5.41 Å². The molecule has 1 heterocycles. The summed E-state index contributed by atoms with van der Waals surface area (Å²) in [6.45, 7) is 6.50. The van der Waals surface area contributed by atoms with Crippen molar-refractivity contribution in [2.24, 2.45) is 0 Å². The van der Waals surface area contributed by atoms with E-state index in [0.717, 1.165) is 15.9 Å². The van der Waals surface area contributed by atoms with Gasteiger partial charge in [0.2, 0.25) is 0 Å². The van der Waals surface area contributed by atoms with Crippen LogP contribution in [0, 0.1) is 0 Å². The molecule has 0 amide bonds. The molecule has 2 nitrogen and oxygen atoms in total. The lowest BCUT2D eigenvalue weighted by molar-refractivity contribution is 0.560. The van der Waals surface area contributed by atoms with Crippen molar-refractivity contribution in [3.63, 3.8) is 0 Å². The minimum atomic E-state index is 0.0945. The zero-order valence-corrected chi connectivity index (χ0v) is 11.3. The molecule has 0 aliphatic rings. The zero-order chi connectivity index (χ0) is 11.8. The monoisotopic (exact) mass is 278 g/mol. The Balaban J connectivity index is 2.39. The molecule has 0 atom stereocenters. The first kappa shape index (κ1) is 11.4. The normalized spacial score (nSPS) is 11.8. The van der Waals surface area contributed by atoms with Crippen LogP contribution in [0.25, 0.3) is 5.69 Å². The van der Waals surface area contributed by atoms with Crippen molar-refractivity contribution in [3.05, 3.63) is 46.7 Å². The summed E-state index contributed by atoms with van der Waals surface area (Å²) < 4.78 is 2.98. The molecule has 84 valence electrons. The van der Waals surface area contributed by atoms with E-state index in [4.69, 9.17) is 0 Å². The zero-order valence-electron chi connectivity index (χ0n) is 9.74. The number of benzene rings is 1. The molecule has 0 aliphatic carbocycles. The van der Waals surface area contributed by atoms with Crippen molar-refractivity contribution in [1.29, 1.82) is 0 Å². The van der Waals surface area contributed by atoms with Gasteiger partial charge in [-0.25, -0.2) is 4.68 Å². The molecule has 0 radical (unpaired) electrons. The average Bonchev–Trinajstić information content (AvgIpc) is 2.65. The molecule has 1 aromatic heterocycles. The van der Waals surface area contributed by atoms with Crippen molar-refractivity contribution < 1.29 is 0 Å². The molecular weight excluding hydrogens is 264 g/mol. The van der Waals surface area contributed by atoms with Gasteiger partial charge in [0, 0.05) is 16.1 Å². The third-order valence-electron chi connectivity index (χ3n) is 2.43. The number of aromatic nitrogens is 2. The Hall–Kier alpha value is -1.09. The first-order valence-electron chi connectivity index (χ1n) is 5.29. The van der Waals surface area contributed by atoms with Crippen molar-refractivity contribution in [2.75, 3.05) is 0 Å². The molecule has 0 spiro atoms. The smallest absolute Gasteiger partial charge is 0.0682 e. The summed E-state index contributed by atoms with van der Waals surface area (Å²) in [6.07, 6.45) is 2.00. The predicted octanol–water partition coefficient (Wildman–Crippen LogP) is 3.93. The Bertz CT molecular complexity index is 495. The van der Waals surface area contributed by atoms with Crippen LogP contribution < -0.4 is 0 Å². The van der Waals surface area contributed by atoms with E-state index < -0.39 is 0 Å².